The maximum atomic E-state index is 12.3. The van der Waals surface area contributed by atoms with Crippen LogP contribution in [0.5, 0.6) is 0 Å². The van der Waals surface area contributed by atoms with Gasteiger partial charge in [0, 0.05) is 19.1 Å². The van der Waals surface area contributed by atoms with Gasteiger partial charge in [0.25, 0.3) is 0 Å². The zero-order valence-electron chi connectivity index (χ0n) is 13.2. The van der Waals surface area contributed by atoms with E-state index < -0.39 is 10.0 Å². The Labute approximate surface area is 127 Å². The molecule has 0 radical (unpaired) electrons. The molecule has 2 amide bonds. The molecular weight excluding hydrogens is 298 g/mol. The molecule has 0 saturated carbocycles. The van der Waals surface area contributed by atoms with Gasteiger partial charge >= 0.3 is 6.03 Å². The van der Waals surface area contributed by atoms with Crippen LogP contribution in [-0.2, 0) is 14.9 Å². The first kappa shape index (κ1) is 20.1. The number of rotatable bonds is 10. The summed E-state index contributed by atoms with van der Waals surface area (Å²) < 4.78 is 24.2. The Morgan fingerprint density at radius 1 is 1.33 bits per heavy atom. The van der Waals surface area contributed by atoms with E-state index in [0.29, 0.717) is 13.0 Å². The third-order valence-corrected chi connectivity index (χ3v) is 3.29. The number of amides is 2. The average Bonchev–Trinajstić information content (AvgIpc) is 2.37. The van der Waals surface area contributed by atoms with Crippen molar-refractivity contribution < 1.29 is 23.2 Å². The quantitative estimate of drug-likeness (QED) is 0.435. The monoisotopic (exact) mass is 325 g/mol. The lowest BCUT2D eigenvalue weighted by molar-refractivity contribution is -0.125. The SMILES string of the molecule is CCCN(OCCNS(C)(=O)=O)C(=O)N(CCO)C(C)C. The largest absolute Gasteiger partial charge is 0.395 e. The number of hydrogen-bond donors (Lipinski definition) is 2. The summed E-state index contributed by atoms with van der Waals surface area (Å²) in [6, 6.07) is -0.401. The zero-order valence-corrected chi connectivity index (χ0v) is 14.0. The molecule has 0 rings (SSSR count). The fraction of sp³-hybridized carbons (Fsp3) is 0.917. The van der Waals surface area contributed by atoms with Gasteiger partial charge in [-0.2, -0.15) is 0 Å². The second-order valence-electron chi connectivity index (χ2n) is 4.90. The van der Waals surface area contributed by atoms with Crippen LogP contribution in [0.25, 0.3) is 0 Å². The molecule has 8 nitrogen and oxygen atoms in total. The van der Waals surface area contributed by atoms with Crippen molar-refractivity contribution in [3.8, 4) is 0 Å². The maximum Gasteiger partial charge on any atom is 0.344 e. The topological polar surface area (TPSA) is 99.2 Å². The summed E-state index contributed by atoms with van der Waals surface area (Å²) in [5, 5.41) is 10.2. The number of nitrogens with zero attached hydrogens (tertiary/aromatic N) is 2. The molecule has 9 heteroatoms. The minimum Gasteiger partial charge on any atom is -0.395 e. The standard InChI is InChI=1S/C12H27N3O5S/c1-5-7-15(20-10-6-13-21(4,18)19)12(17)14(8-9-16)11(2)3/h11,13,16H,5-10H2,1-4H3. The number of sulfonamides is 1. The molecule has 126 valence electrons. The molecule has 0 aliphatic rings. The van der Waals surface area contributed by atoms with Crippen molar-refractivity contribution in [2.75, 3.05) is 39.1 Å². The Kier molecular flexibility index (Phi) is 9.51. The Balaban J connectivity index is 4.53. The summed E-state index contributed by atoms with van der Waals surface area (Å²) >= 11 is 0. The van der Waals surface area contributed by atoms with Crippen LogP contribution in [0.2, 0.25) is 0 Å². The van der Waals surface area contributed by atoms with E-state index in [2.05, 4.69) is 4.72 Å². The highest BCUT2D eigenvalue weighted by atomic mass is 32.2. The van der Waals surface area contributed by atoms with E-state index in [4.69, 9.17) is 9.94 Å². The van der Waals surface area contributed by atoms with E-state index in [1.165, 1.54) is 9.96 Å². The van der Waals surface area contributed by atoms with Crippen LogP contribution >= 0.6 is 0 Å². The van der Waals surface area contributed by atoms with Gasteiger partial charge in [-0.15, -0.1) is 0 Å². The molecule has 0 aliphatic heterocycles. The summed E-state index contributed by atoms with van der Waals surface area (Å²) in [7, 11) is -3.27. The lowest BCUT2D eigenvalue weighted by Crippen LogP contribution is -2.48. The summed E-state index contributed by atoms with van der Waals surface area (Å²) in [6.45, 7) is 6.25. The Bertz CT molecular complexity index is 400. The molecule has 0 aromatic heterocycles. The van der Waals surface area contributed by atoms with Crippen molar-refractivity contribution in [3.63, 3.8) is 0 Å². The number of hydrogen-bond acceptors (Lipinski definition) is 5. The van der Waals surface area contributed by atoms with E-state index >= 15 is 0 Å². The number of carbonyl (C=O) groups excluding carboxylic acids is 1. The van der Waals surface area contributed by atoms with Crippen LogP contribution in [0.3, 0.4) is 0 Å². The summed E-state index contributed by atoms with van der Waals surface area (Å²) in [5.41, 5.74) is 0. The number of aliphatic hydroxyl groups excluding tert-OH is 1. The molecular formula is C12H27N3O5S. The van der Waals surface area contributed by atoms with Crippen molar-refractivity contribution in [2.45, 2.75) is 33.2 Å². The lowest BCUT2D eigenvalue weighted by atomic mass is 10.3. The van der Waals surface area contributed by atoms with Crippen molar-refractivity contribution in [3.05, 3.63) is 0 Å². The van der Waals surface area contributed by atoms with Gasteiger partial charge in [-0.25, -0.2) is 23.0 Å². The third-order valence-electron chi connectivity index (χ3n) is 2.56. The van der Waals surface area contributed by atoms with Crippen LogP contribution in [-0.4, -0.2) is 74.7 Å². The molecule has 0 aromatic rings. The number of aliphatic hydroxyl groups is 1. The summed E-state index contributed by atoms with van der Waals surface area (Å²) in [4.78, 5) is 19.2. The molecule has 0 unspecified atom stereocenters. The Hall–Kier alpha value is -0.900. The molecule has 0 atom stereocenters. The molecule has 21 heavy (non-hydrogen) atoms. The molecule has 0 aliphatic carbocycles. The van der Waals surface area contributed by atoms with Gasteiger partial charge in [-0.05, 0) is 20.3 Å². The molecule has 0 heterocycles. The first-order valence-electron chi connectivity index (χ1n) is 6.99. The number of hydroxylamine groups is 2. The van der Waals surface area contributed by atoms with Crippen molar-refractivity contribution in [1.29, 1.82) is 0 Å². The average molecular weight is 325 g/mol. The first-order chi connectivity index (χ1) is 9.72. The van der Waals surface area contributed by atoms with Crippen molar-refractivity contribution >= 4 is 16.1 Å². The fourth-order valence-electron chi connectivity index (χ4n) is 1.63. The highest BCUT2D eigenvalue weighted by Gasteiger charge is 2.23. The minimum atomic E-state index is -3.27. The van der Waals surface area contributed by atoms with Crippen LogP contribution in [0, 0.1) is 0 Å². The number of urea groups is 1. The van der Waals surface area contributed by atoms with Crippen LogP contribution in [0.4, 0.5) is 4.79 Å². The first-order valence-corrected chi connectivity index (χ1v) is 8.88. The van der Waals surface area contributed by atoms with Gasteiger partial charge in [0.2, 0.25) is 10.0 Å². The van der Waals surface area contributed by atoms with Gasteiger partial charge in [0.15, 0.2) is 0 Å². The fourth-order valence-corrected chi connectivity index (χ4v) is 2.08. The number of nitrogens with one attached hydrogen (secondary N) is 1. The van der Waals surface area contributed by atoms with Crippen LogP contribution in [0.1, 0.15) is 27.2 Å². The zero-order chi connectivity index (χ0) is 16.5. The second kappa shape index (κ2) is 9.93. The predicted octanol–water partition coefficient (Wildman–Crippen LogP) is 0.00190. The van der Waals surface area contributed by atoms with Crippen LogP contribution < -0.4 is 4.72 Å². The van der Waals surface area contributed by atoms with Gasteiger partial charge in [0.05, 0.1) is 26.0 Å². The summed E-state index contributed by atoms with van der Waals surface area (Å²) in [6.07, 6.45) is 1.76. The smallest absolute Gasteiger partial charge is 0.344 e. The van der Waals surface area contributed by atoms with Gasteiger partial charge in [-0.1, -0.05) is 6.92 Å². The van der Waals surface area contributed by atoms with Gasteiger partial charge in [-0.3, -0.25) is 4.84 Å². The highest BCUT2D eigenvalue weighted by Crippen LogP contribution is 2.06. The van der Waals surface area contributed by atoms with Gasteiger partial charge in [0.1, 0.15) is 0 Å². The molecule has 2 N–H and O–H groups in total. The molecule has 0 spiro atoms. The van der Waals surface area contributed by atoms with Crippen LogP contribution in [0.15, 0.2) is 0 Å². The lowest BCUT2D eigenvalue weighted by Gasteiger charge is -2.32. The predicted molar refractivity (Wildman–Crippen MR) is 80.1 cm³/mol. The molecule has 0 aromatic carbocycles. The minimum absolute atomic E-state index is 0.0594. The van der Waals surface area contributed by atoms with E-state index in [1.807, 2.05) is 20.8 Å². The third kappa shape index (κ3) is 8.86. The van der Waals surface area contributed by atoms with Crippen molar-refractivity contribution in [1.82, 2.24) is 14.7 Å². The van der Waals surface area contributed by atoms with E-state index in [9.17, 15) is 13.2 Å². The maximum absolute atomic E-state index is 12.3. The molecule has 0 fully saturated rings. The Morgan fingerprint density at radius 2 is 1.95 bits per heavy atom. The normalized spacial score (nSPS) is 11.7. The van der Waals surface area contributed by atoms with E-state index in [1.54, 1.807) is 0 Å². The van der Waals surface area contributed by atoms with Crippen molar-refractivity contribution in [2.24, 2.45) is 0 Å². The molecule has 0 saturated heterocycles. The molecule has 0 bridgehead atoms. The Morgan fingerprint density at radius 3 is 2.38 bits per heavy atom. The number of carbonyl (C=O) groups is 1. The highest BCUT2D eigenvalue weighted by molar-refractivity contribution is 7.88. The van der Waals surface area contributed by atoms with E-state index in [0.717, 1.165) is 6.26 Å². The van der Waals surface area contributed by atoms with Gasteiger partial charge < -0.3 is 10.0 Å². The van der Waals surface area contributed by atoms with E-state index in [-0.39, 0.29) is 38.4 Å². The second-order valence-corrected chi connectivity index (χ2v) is 6.73. The summed E-state index contributed by atoms with van der Waals surface area (Å²) in [5.74, 6) is 0.